The first-order valence-corrected chi connectivity index (χ1v) is 10.3. The third-order valence-corrected chi connectivity index (χ3v) is 5.86. The van der Waals surface area contributed by atoms with Crippen molar-refractivity contribution in [1.82, 2.24) is 9.88 Å². The lowest BCUT2D eigenvalue weighted by atomic mass is 10.0. The van der Waals surface area contributed by atoms with Crippen molar-refractivity contribution < 1.29 is 14.3 Å². The second-order valence-electron chi connectivity index (χ2n) is 7.72. The van der Waals surface area contributed by atoms with Gasteiger partial charge in [-0.1, -0.05) is 42.5 Å². The number of para-hydroxylation sites is 1. The highest BCUT2D eigenvalue weighted by atomic mass is 16.5. The van der Waals surface area contributed by atoms with Gasteiger partial charge in [0.25, 0.3) is 0 Å². The van der Waals surface area contributed by atoms with Gasteiger partial charge >= 0.3 is 5.97 Å². The summed E-state index contributed by atoms with van der Waals surface area (Å²) in [6.07, 6.45) is 5.52. The number of methoxy groups -OCH3 is 1. The molecule has 5 heteroatoms. The molecule has 3 aromatic rings. The van der Waals surface area contributed by atoms with Gasteiger partial charge in [0.2, 0.25) is 5.91 Å². The third-order valence-electron chi connectivity index (χ3n) is 5.86. The molecule has 1 aliphatic heterocycles. The maximum Gasteiger partial charge on any atom is 0.330 e. The minimum Gasteiger partial charge on any atom is -0.466 e. The number of fused-ring (bicyclic) bond motifs is 1. The Morgan fingerprint density at radius 3 is 2.70 bits per heavy atom. The van der Waals surface area contributed by atoms with E-state index in [9.17, 15) is 9.59 Å². The fourth-order valence-corrected chi connectivity index (χ4v) is 4.29. The van der Waals surface area contributed by atoms with Gasteiger partial charge in [0, 0.05) is 29.2 Å². The highest BCUT2D eigenvalue weighted by Crippen LogP contribution is 2.33. The first-order valence-electron chi connectivity index (χ1n) is 10.3. The average Bonchev–Trinajstić information content (AvgIpc) is 3.37. The van der Waals surface area contributed by atoms with Gasteiger partial charge in [-0.3, -0.25) is 4.79 Å². The quantitative estimate of drug-likeness (QED) is 0.502. The van der Waals surface area contributed by atoms with Crippen molar-refractivity contribution in [3.05, 3.63) is 77.0 Å². The molecule has 30 heavy (non-hydrogen) atoms. The molecule has 0 radical (unpaired) electrons. The van der Waals surface area contributed by atoms with Crippen molar-refractivity contribution in [2.75, 3.05) is 13.7 Å². The number of esters is 1. The Morgan fingerprint density at radius 1 is 1.17 bits per heavy atom. The molecule has 4 rings (SSSR count). The van der Waals surface area contributed by atoms with Crippen LogP contribution in [0.5, 0.6) is 0 Å². The molecule has 0 aliphatic carbocycles. The molecular weight excluding hydrogens is 376 g/mol. The molecular formula is C25H26N2O3. The zero-order valence-corrected chi connectivity index (χ0v) is 17.4. The van der Waals surface area contributed by atoms with Gasteiger partial charge in [-0.05, 0) is 48.6 Å². The number of nitrogens with zero attached hydrogens (tertiary/aromatic N) is 1. The SMILES string of the molecule is COC(=O)/C=C/c1ccc([C@@H]2CCCN2C(=O)Cc2c(C)[nH]c3ccccc23)cc1. The Bertz CT molecular complexity index is 1100. The lowest BCUT2D eigenvalue weighted by Crippen LogP contribution is -2.32. The molecule has 0 unspecified atom stereocenters. The van der Waals surface area contributed by atoms with Crippen LogP contribution in [0.15, 0.2) is 54.6 Å². The normalized spacial score (nSPS) is 16.5. The summed E-state index contributed by atoms with van der Waals surface area (Å²) in [5.41, 5.74) is 5.28. The van der Waals surface area contributed by atoms with Crippen LogP contribution in [0.25, 0.3) is 17.0 Å². The summed E-state index contributed by atoms with van der Waals surface area (Å²) in [6.45, 7) is 2.82. The van der Waals surface area contributed by atoms with E-state index in [4.69, 9.17) is 0 Å². The van der Waals surface area contributed by atoms with Crippen molar-refractivity contribution in [1.29, 1.82) is 0 Å². The molecule has 0 saturated carbocycles. The van der Waals surface area contributed by atoms with Crippen molar-refractivity contribution in [3.63, 3.8) is 0 Å². The number of aromatic amines is 1. The van der Waals surface area contributed by atoms with Gasteiger partial charge in [-0.25, -0.2) is 4.79 Å². The standard InChI is InChI=1S/C25H26N2O3/c1-17-21(20-6-3-4-7-22(20)26-17)16-24(28)27-15-5-8-23(27)19-12-9-18(10-13-19)11-14-25(29)30-2/h3-4,6-7,9-14,23,26H,5,8,15-16H2,1-2H3/b14-11+/t23-/m0/s1. The predicted molar refractivity (Wildman–Crippen MR) is 118 cm³/mol. The predicted octanol–water partition coefficient (Wildman–Crippen LogP) is 4.57. The first kappa shape index (κ1) is 20.0. The molecule has 1 aromatic heterocycles. The van der Waals surface area contributed by atoms with Crippen LogP contribution in [0, 0.1) is 6.92 Å². The average molecular weight is 402 g/mol. The van der Waals surface area contributed by atoms with Crippen molar-refractivity contribution >= 4 is 28.9 Å². The summed E-state index contributed by atoms with van der Waals surface area (Å²) in [6, 6.07) is 16.3. The van der Waals surface area contributed by atoms with Gasteiger partial charge in [0.05, 0.1) is 19.6 Å². The lowest BCUT2D eigenvalue weighted by Gasteiger charge is -2.25. The van der Waals surface area contributed by atoms with E-state index in [1.54, 1.807) is 6.08 Å². The van der Waals surface area contributed by atoms with Crippen LogP contribution in [0.3, 0.4) is 0 Å². The fraction of sp³-hybridized carbons (Fsp3) is 0.280. The Morgan fingerprint density at radius 2 is 1.93 bits per heavy atom. The summed E-state index contributed by atoms with van der Waals surface area (Å²) in [7, 11) is 1.36. The van der Waals surface area contributed by atoms with Gasteiger partial charge in [-0.2, -0.15) is 0 Å². The monoisotopic (exact) mass is 402 g/mol. The molecule has 1 atom stereocenters. The van der Waals surface area contributed by atoms with Crippen molar-refractivity contribution in [3.8, 4) is 0 Å². The van der Waals surface area contributed by atoms with Crippen molar-refractivity contribution in [2.45, 2.75) is 32.2 Å². The second-order valence-corrected chi connectivity index (χ2v) is 7.72. The maximum atomic E-state index is 13.2. The van der Waals surface area contributed by atoms with Gasteiger partial charge < -0.3 is 14.6 Å². The smallest absolute Gasteiger partial charge is 0.330 e. The van der Waals surface area contributed by atoms with E-state index < -0.39 is 0 Å². The number of H-pyrrole nitrogens is 1. The highest BCUT2D eigenvalue weighted by Gasteiger charge is 2.30. The summed E-state index contributed by atoms with van der Waals surface area (Å²) in [4.78, 5) is 29.9. The zero-order valence-electron chi connectivity index (χ0n) is 17.4. The van der Waals surface area contributed by atoms with Crippen LogP contribution >= 0.6 is 0 Å². The zero-order chi connectivity index (χ0) is 21.1. The highest BCUT2D eigenvalue weighted by molar-refractivity contribution is 5.90. The van der Waals surface area contributed by atoms with Crippen LogP contribution < -0.4 is 0 Å². The number of hydrogen-bond acceptors (Lipinski definition) is 3. The molecule has 2 heterocycles. The number of rotatable bonds is 5. The summed E-state index contributed by atoms with van der Waals surface area (Å²) >= 11 is 0. The molecule has 1 aliphatic rings. The van der Waals surface area contributed by atoms with E-state index >= 15 is 0 Å². The number of amides is 1. The number of carbonyl (C=O) groups is 2. The minimum atomic E-state index is -0.376. The second kappa shape index (κ2) is 8.57. The molecule has 154 valence electrons. The number of aryl methyl sites for hydroxylation is 1. The Kier molecular flexibility index (Phi) is 5.70. The van der Waals surface area contributed by atoms with Crippen molar-refractivity contribution in [2.24, 2.45) is 0 Å². The van der Waals surface area contributed by atoms with E-state index in [2.05, 4.69) is 15.8 Å². The Hall–Kier alpha value is -3.34. The molecule has 1 N–H and O–H groups in total. The van der Waals surface area contributed by atoms with E-state index in [-0.39, 0.29) is 17.9 Å². The Balaban J connectivity index is 1.50. The van der Waals surface area contributed by atoms with Gasteiger partial charge in [0.15, 0.2) is 0 Å². The molecule has 1 saturated heterocycles. The van der Waals surface area contributed by atoms with Gasteiger partial charge in [-0.15, -0.1) is 0 Å². The van der Waals surface area contributed by atoms with Crippen LogP contribution in [0.2, 0.25) is 0 Å². The number of nitrogens with one attached hydrogen (secondary N) is 1. The summed E-state index contributed by atoms with van der Waals surface area (Å²) in [5.74, 6) is -0.209. The third kappa shape index (κ3) is 4.01. The molecule has 0 bridgehead atoms. The number of likely N-dealkylation sites (tertiary alicyclic amines) is 1. The summed E-state index contributed by atoms with van der Waals surface area (Å²) < 4.78 is 4.62. The largest absolute Gasteiger partial charge is 0.466 e. The lowest BCUT2D eigenvalue weighted by molar-refractivity contribution is -0.134. The maximum absolute atomic E-state index is 13.2. The molecule has 1 amide bonds. The molecule has 5 nitrogen and oxygen atoms in total. The van der Waals surface area contributed by atoms with Crippen LogP contribution in [-0.2, 0) is 20.7 Å². The molecule has 2 aromatic carbocycles. The topological polar surface area (TPSA) is 62.4 Å². The summed E-state index contributed by atoms with van der Waals surface area (Å²) in [5, 5.41) is 1.13. The number of hydrogen-bond donors (Lipinski definition) is 1. The Labute approximate surface area is 176 Å². The minimum absolute atomic E-state index is 0.0987. The van der Waals surface area contributed by atoms with E-state index in [0.29, 0.717) is 6.42 Å². The molecule has 1 fully saturated rings. The van der Waals surface area contributed by atoms with Crippen LogP contribution in [-0.4, -0.2) is 35.4 Å². The van der Waals surface area contributed by atoms with E-state index in [1.165, 1.54) is 13.2 Å². The van der Waals surface area contributed by atoms with Crippen LogP contribution in [0.1, 0.15) is 41.3 Å². The number of carbonyl (C=O) groups excluding carboxylic acids is 2. The fourth-order valence-electron chi connectivity index (χ4n) is 4.29. The molecule has 0 spiro atoms. The first-order chi connectivity index (χ1) is 14.6. The van der Waals surface area contributed by atoms with Crippen LogP contribution in [0.4, 0.5) is 0 Å². The van der Waals surface area contributed by atoms with Gasteiger partial charge in [0.1, 0.15) is 0 Å². The van der Waals surface area contributed by atoms with E-state index in [1.807, 2.05) is 54.3 Å². The van der Waals surface area contributed by atoms with E-state index in [0.717, 1.165) is 52.7 Å². The number of benzene rings is 2. The number of aromatic nitrogens is 1. The number of ether oxygens (including phenoxy) is 1.